The van der Waals surface area contributed by atoms with E-state index in [-0.39, 0.29) is 5.91 Å². The highest BCUT2D eigenvalue weighted by molar-refractivity contribution is 7.23. The first kappa shape index (κ1) is 21.3. The van der Waals surface area contributed by atoms with Crippen LogP contribution in [-0.2, 0) is 17.8 Å². The van der Waals surface area contributed by atoms with Gasteiger partial charge in [0.15, 0.2) is 0 Å². The fourth-order valence-corrected chi connectivity index (χ4v) is 6.55. The molecule has 0 atom stereocenters. The number of halogens is 1. The van der Waals surface area contributed by atoms with Crippen molar-refractivity contribution < 1.29 is 4.79 Å². The van der Waals surface area contributed by atoms with Crippen LogP contribution in [0.15, 0.2) is 54.6 Å². The van der Waals surface area contributed by atoms with E-state index < -0.39 is 0 Å². The molecule has 7 heteroatoms. The molecule has 162 valence electrons. The Labute approximate surface area is 200 Å². The van der Waals surface area contributed by atoms with Gasteiger partial charge in [-0.2, -0.15) is 0 Å². The molecule has 0 bridgehead atoms. The van der Waals surface area contributed by atoms with Crippen molar-refractivity contribution in [1.82, 2.24) is 9.88 Å². The first-order valence-corrected chi connectivity index (χ1v) is 12.6. The van der Waals surface area contributed by atoms with E-state index in [1.54, 1.807) is 34.8 Å². The SMILES string of the molecule is CCN1CCc2c(sc(NC(=O)C=Cc3ccccc3Cl)c2-c2nc3ccccc3s2)C1. The maximum absolute atomic E-state index is 12.8. The number of carbonyl (C=O) groups excluding carboxylic acids is 1. The summed E-state index contributed by atoms with van der Waals surface area (Å²) in [6.45, 7) is 5.16. The van der Waals surface area contributed by atoms with Gasteiger partial charge in [-0.1, -0.05) is 48.9 Å². The van der Waals surface area contributed by atoms with Gasteiger partial charge in [0.25, 0.3) is 0 Å². The molecule has 0 radical (unpaired) electrons. The van der Waals surface area contributed by atoms with Crippen LogP contribution in [-0.4, -0.2) is 28.9 Å². The number of rotatable bonds is 5. The maximum atomic E-state index is 12.8. The van der Waals surface area contributed by atoms with E-state index in [9.17, 15) is 4.79 Å². The van der Waals surface area contributed by atoms with Crippen molar-refractivity contribution in [3.8, 4) is 10.6 Å². The van der Waals surface area contributed by atoms with E-state index in [0.29, 0.717) is 5.02 Å². The van der Waals surface area contributed by atoms with Gasteiger partial charge in [-0.25, -0.2) is 4.98 Å². The van der Waals surface area contributed by atoms with E-state index in [0.717, 1.165) is 57.4 Å². The van der Waals surface area contributed by atoms with Crippen molar-refractivity contribution >= 4 is 61.5 Å². The minimum Gasteiger partial charge on any atom is -0.313 e. The maximum Gasteiger partial charge on any atom is 0.249 e. The van der Waals surface area contributed by atoms with Crippen LogP contribution < -0.4 is 5.32 Å². The van der Waals surface area contributed by atoms with Crippen molar-refractivity contribution in [3.05, 3.63) is 75.6 Å². The van der Waals surface area contributed by atoms with Crippen LogP contribution in [0.25, 0.3) is 26.9 Å². The molecule has 0 saturated carbocycles. The van der Waals surface area contributed by atoms with Crippen LogP contribution in [0, 0.1) is 0 Å². The largest absolute Gasteiger partial charge is 0.313 e. The van der Waals surface area contributed by atoms with E-state index in [1.165, 1.54) is 10.4 Å². The number of benzene rings is 2. The van der Waals surface area contributed by atoms with E-state index in [1.807, 2.05) is 42.5 Å². The van der Waals surface area contributed by atoms with Crippen molar-refractivity contribution in [2.24, 2.45) is 0 Å². The van der Waals surface area contributed by atoms with Crippen molar-refractivity contribution in [2.75, 3.05) is 18.4 Å². The number of thiophene rings is 1. The molecule has 1 aliphatic heterocycles. The Bertz CT molecular complexity index is 1290. The molecule has 4 aromatic rings. The van der Waals surface area contributed by atoms with Crippen LogP contribution in [0.4, 0.5) is 5.00 Å². The minimum atomic E-state index is -0.168. The van der Waals surface area contributed by atoms with Crippen LogP contribution in [0.1, 0.15) is 22.9 Å². The molecule has 32 heavy (non-hydrogen) atoms. The number of nitrogens with zero attached hydrogens (tertiary/aromatic N) is 2. The fraction of sp³-hybridized carbons (Fsp3) is 0.200. The summed E-state index contributed by atoms with van der Waals surface area (Å²) in [6, 6.07) is 15.7. The van der Waals surface area contributed by atoms with Crippen LogP contribution in [0.5, 0.6) is 0 Å². The number of fused-ring (bicyclic) bond motifs is 2. The topological polar surface area (TPSA) is 45.2 Å². The first-order valence-electron chi connectivity index (χ1n) is 10.6. The lowest BCUT2D eigenvalue weighted by Gasteiger charge is -2.25. The normalized spacial score (nSPS) is 14.2. The summed E-state index contributed by atoms with van der Waals surface area (Å²) in [7, 11) is 0. The van der Waals surface area contributed by atoms with Gasteiger partial charge >= 0.3 is 0 Å². The van der Waals surface area contributed by atoms with Gasteiger partial charge in [0.05, 0.1) is 10.2 Å². The molecule has 1 aliphatic rings. The number of amides is 1. The lowest BCUT2D eigenvalue weighted by molar-refractivity contribution is -0.111. The molecule has 5 rings (SSSR count). The highest BCUT2D eigenvalue weighted by Gasteiger charge is 2.27. The number of carbonyl (C=O) groups is 1. The highest BCUT2D eigenvalue weighted by Crippen LogP contribution is 2.45. The smallest absolute Gasteiger partial charge is 0.249 e. The second-order valence-electron chi connectivity index (χ2n) is 7.66. The second-order valence-corrected chi connectivity index (χ2v) is 10.2. The minimum absolute atomic E-state index is 0.168. The van der Waals surface area contributed by atoms with E-state index in [2.05, 4.69) is 23.2 Å². The molecular weight excluding hydrogens is 458 g/mol. The molecule has 0 saturated heterocycles. The summed E-state index contributed by atoms with van der Waals surface area (Å²) < 4.78 is 1.16. The molecule has 1 N–H and O–H groups in total. The zero-order valence-corrected chi connectivity index (χ0v) is 20.0. The van der Waals surface area contributed by atoms with Gasteiger partial charge in [0, 0.05) is 34.6 Å². The second kappa shape index (κ2) is 9.16. The Hall–Kier alpha value is -2.51. The molecule has 3 heterocycles. The first-order chi connectivity index (χ1) is 15.6. The van der Waals surface area contributed by atoms with E-state index in [4.69, 9.17) is 16.6 Å². The third kappa shape index (κ3) is 4.24. The fourth-order valence-electron chi connectivity index (χ4n) is 3.95. The summed E-state index contributed by atoms with van der Waals surface area (Å²) in [5.74, 6) is -0.168. The predicted molar refractivity (Wildman–Crippen MR) is 137 cm³/mol. The Balaban J connectivity index is 1.50. The Morgan fingerprint density at radius 3 is 2.81 bits per heavy atom. The van der Waals surface area contributed by atoms with Gasteiger partial charge in [-0.05, 0) is 48.4 Å². The van der Waals surface area contributed by atoms with Crippen molar-refractivity contribution in [3.63, 3.8) is 0 Å². The van der Waals surface area contributed by atoms with Crippen molar-refractivity contribution in [2.45, 2.75) is 19.9 Å². The Morgan fingerprint density at radius 1 is 1.19 bits per heavy atom. The van der Waals surface area contributed by atoms with Gasteiger partial charge < -0.3 is 5.32 Å². The zero-order valence-electron chi connectivity index (χ0n) is 17.6. The van der Waals surface area contributed by atoms with Crippen LogP contribution in [0.2, 0.25) is 5.02 Å². The molecular formula is C25H22ClN3OS2. The van der Waals surface area contributed by atoms with Gasteiger partial charge in [-0.3, -0.25) is 9.69 Å². The summed E-state index contributed by atoms with van der Waals surface area (Å²) in [5, 5.41) is 5.60. The highest BCUT2D eigenvalue weighted by atomic mass is 35.5. The molecule has 0 unspecified atom stereocenters. The van der Waals surface area contributed by atoms with Crippen LogP contribution in [0.3, 0.4) is 0 Å². The third-order valence-electron chi connectivity index (χ3n) is 5.65. The standard InChI is InChI=1S/C25H22ClN3OS2/c1-2-29-14-13-17-21(15-29)32-25(23(17)24-27-19-9-5-6-10-20(19)31-24)28-22(30)12-11-16-7-3-4-8-18(16)26/h3-12H,2,13-15H2,1H3,(H,28,30). The average Bonchev–Trinajstić information content (AvgIpc) is 3.38. The third-order valence-corrected chi connectivity index (χ3v) is 8.18. The monoisotopic (exact) mass is 479 g/mol. The number of aromatic nitrogens is 1. The quantitative estimate of drug-likeness (QED) is 0.323. The summed E-state index contributed by atoms with van der Waals surface area (Å²) >= 11 is 9.57. The number of likely N-dealkylation sites (N-methyl/N-ethyl adjacent to an activating group) is 1. The molecule has 0 aliphatic carbocycles. The lowest BCUT2D eigenvalue weighted by atomic mass is 10.0. The van der Waals surface area contributed by atoms with Gasteiger partial charge in [-0.15, -0.1) is 22.7 Å². The number of hydrogen-bond acceptors (Lipinski definition) is 5. The zero-order chi connectivity index (χ0) is 22.1. The average molecular weight is 480 g/mol. The predicted octanol–water partition coefficient (Wildman–Crippen LogP) is 6.71. The van der Waals surface area contributed by atoms with Gasteiger partial charge in [0.1, 0.15) is 10.0 Å². The Kier molecular flexibility index (Phi) is 6.11. The lowest BCUT2D eigenvalue weighted by Crippen LogP contribution is -2.29. The number of anilines is 1. The number of para-hydroxylation sites is 1. The Morgan fingerprint density at radius 2 is 2.00 bits per heavy atom. The van der Waals surface area contributed by atoms with Crippen LogP contribution >= 0.6 is 34.3 Å². The summed E-state index contributed by atoms with van der Waals surface area (Å²) in [6.07, 6.45) is 4.26. The molecule has 4 nitrogen and oxygen atoms in total. The number of nitrogens with one attached hydrogen (secondary N) is 1. The van der Waals surface area contributed by atoms with Gasteiger partial charge in [0.2, 0.25) is 5.91 Å². The molecule has 1 amide bonds. The summed E-state index contributed by atoms with van der Waals surface area (Å²) in [4.78, 5) is 21.5. The molecule has 0 fully saturated rings. The number of thiazole rings is 1. The van der Waals surface area contributed by atoms with E-state index >= 15 is 0 Å². The molecule has 0 spiro atoms. The molecule has 2 aromatic carbocycles. The van der Waals surface area contributed by atoms with Crippen molar-refractivity contribution in [1.29, 1.82) is 0 Å². The number of hydrogen-bond donors (Lipinski definition) is 1. The molecule has 2 aromatic heterocycles. The summed E-state index contributed by atoms with van der Waals surface area (Å²) in [5.41, 5.74) is 4.22.